The van der Waals surface area contributed by atoms with Crippen LogP contribution in [0.15, 0.2) is 29.2 Å². The van der Waals surface area contributed by atoms with Crippen LogP contribution in [0.5, 0.6) is 0 Å². The lowest BCUT2D eigenvalue weighted by atomic mass is 9.75. The van der Waals surface area contributed by atoms with Gasteiger partial charge in [-0.3, -0.25) is 0 Å². The summed E-state index contributed by atoms with van der Waals surface area (Å²) < 4.78 is 22.8. The van der Waals surface area contributed by atoms with E-state index >= 15 is 0 Å². The van der Waals surface area contributed by atoms with Crippen LogP contribution in [0.3, 0.4) is 0 Å². The predicted molar refractivity (Wildman–Crippen MR) is 82.4 cm³/mol. The van der Waals surface area contributed by atoms with Crippen LogP contribution < -0.4 is 5.32 Å². The predicted octanol–water partition coefficient (Wildman–Crippen LogP) is 3.15. The van der Waals surface area contributed by atoms with Crippen molar-refractivity contribution < 1.29 is 8.42 Å². The molecule has 0 heterocycles. The molecule has 2 rings (SSSR count). The maximum atomic E-state index is 11.4. The summed E-state index contributed by atoms with van der Waals surface area (Å²) in [5.74, 6) is 0. The van der Waals surface area contributed by atoms with Crippen molar-refractivity contribution in [3.05, 3.63) is 29.8 Å². The number of nitrogens with one attached hydrogen (secondary N) is 1. The zero-order chi connectivity index (χ0) is 14.8. The summed E-state index contributed by atoms with van der Waals surface area (Å²) in [4.78, 5) is 0.389. The molecule has 1 atom stereocenters. The van der Waals surface area contributed by atoms with Crippen molar-refractivity contribution in [3.8, 4) is 0 Å². The largest absolute Gasteiger partial charge is 0.310 e. The SMILES string of the molecule is CC1(C)CCCC(NCc2ccc(S(C)(=O)=O)cc2)C1. The highest BCUT2D eigenvalue weighted by Gasteiger charge is 2.27. The third-order valence-electron chi connectivity index (χ3n) is 4.15. The highest BCUT2D eigenvalue weighted by atomic mass is 32.2. The van der Waals surface area contributed by atoms with E-state index in [0.29, 0.717) is 16.4 Å². The third kappa shape index (κ3) is 4.32. The van der Waals surface area contributed by atoms with Gasteiger partial charge in [0, 0.05) is 18.8 Å². The van der Waals surface area contributed by atoms with Gasteiger partial charge < -0.3 is 5.32 Å². The van der Waals surface area contributed by atoms with E-state index in [4.69, 9.17) is 0 Å². The first-order valence-corrected chi connectivity index (χ1v) is 9.18. The van der Waals surface area contributed by atoms with Crippen LogP contribution in [-0.4, -0.2) is 20.7 Å². The van der Waals surface area contributed by atoms with Gasteiger partial charge in [0.2, 0.25) is 0 Å². The van der Waals surface area contributed by atoms with Gasteiger partial charge in [0.1, 0.15) is 0 Å². The molecule has 1 aromatic carbocycles. The van der Waals surface area contributed by atoms with Gasteiger partial charge in [0.15, 0.2) is 9.84 Å². The molecule has 0 aromatic heterocycles. The summed E-state index contributed by atoms with van der Waals surface area (Å²) >= 11 is 0. The Morgan fingerprint density at radius 2 is 1.90 bits per heavy atom. The van der Waals surface area contributed by atoms with E-state index in [0.717, 1.165) is 12.1 Å². The highest BCUT2D eigenvalue weighted by Crippen LogP contribution is 2.35. The summed E-state index contributed by atoms with van der Waals surface area (Å²) in [5.41, 5.74) is 1.58. The van der Waals surface area contributed by atoms with E-state index < -0.39 is 9.84 Å². The quantitative estimate of drug-likeness (QED) is 0.928. The molecule has 1 aromatic rings. The Labute approximate surface area is 122 Å². The first kappa shape index (κ1) is 15.5. The molecule has 1 fully saturated rings. The topological polar surface area (TPSA) is 46.2 Å². The number of sulfone groups is 1. The third-order valence-corrected chi connectivity index (χ3v) is 5.28. The molecule has 3 nitrogen and oxygen atoms in total. The van der Waals surface area contributed by atoms with Crippen LogP contribution in [0.1, 0.15) is 45.1 Å². The number of hydrogen-bond acceptors (Lipinski definition) is 3. The van der Waals surface area contributed by atoms with Crippen LogP contribution in [0.25, 0.3) is 0 Å². The molecule has 0 radical (unpaired) electrons. The van der Waals surface area contributed by atoms with E-state index in [1.165, 1.54) is 31.9 Å². The van der Waals surface area contributed by atoms with Crippen LogP contribution in [0.4, 0.5) is 0 Å². The molecule has 1 aliphatic carbocycles. The lowest BCUT2D eigenvalue weighted by molar-refractivity contribution is 0.198. The van der Waals surface area contributed by atoms with Gasteiger partial charge in [-0.2, -0.15) is 0 Å². The van der Waals surface area contributed by atoms with Gasteiger partial charge in [0.25, 0.3) is 0 Å². The number of rotatable bonds is 4. The molecule has 20 heavy (non-hydrogen) atoms. The maximum Gasteiger partial charge on any atom is 0.175 e. The van der Waals surface area contributed by atoms with Crippen LogP contribution in [0.2, 0.25) is 0 Å². The maximum absolute atomic E-state index is 11.4. The van der Waals surface area contributed by atoms with Crippen LogP contribution in [0, 0.1) is 5.41 Å². The molecule has 0 bridgehead atoms. The number of hydrogen-bond donors (Lipinski definition) is 1. The summed E-state index contributed by atoms with van der Waals surface area (Å²) in [6.45, 7) is 5.48. The Kier molecular flexibility index (Phi) is 4.55. The van der Waals surface area contributed by atoms with E-state index in [1.54, 1.807) is 12.1 Å². The average Bonchev–Trinajstić information content (AvgIpc) is 2.35. The Hall–Kier alpha value is -0.870. The van der Waals surface area contributed by atoms with Gasteiger partial charge in [-0.1, -0.05) is 32.4 Å². The molecular formula is C16H25NO2S. The minimum atomic E-state index is -3.09. The fraction of sp³-hybridized carbons (Fsp3) is 0.625. The summed E-state index contributed by atoms with van der Waals surface area (Å²) in [6.07, 6.45) is 6.30. The van der Waals surface area contributed by atoms with Gasteiger partial charge in [-0.05, 0) is 42.4 Å². The minimum Gasteiger partial charge on any atom is -0.310 e. The van der Waals surface area contributed by atoms with E-state index in [-0.39, 0.29) is 0 Å². The monoisotopic (exact) mass is 295 g/mol. The molecule has 1 saturated carbocycles. The van der Waals surface area contributed by atoms with Crippen molar-refractivity contribution in [2.45, 2.75) is 57.0 Å². The van der Waals surface area contributed by atoms with E-state index in [9.17, 15) is 8.42 Å². The normalized spacial score (nSPS) is 22.6. The molecule has 112 valence electrons. The first-order valence-electron chi connectivity index (χ1n) is 7.29. The average molecular weight is 295 g/mol. The molecule has 0 saturated heterocycles. The van der Waals surface area contributed by atoms with Gasteiger partial charge in [-0.25, -0.2) is 8.42 Å². The van der Waals surface area contributed by atoms with Crippen molar-refractivity contribution in [1.29, 1.82) is 0 Å². The van der Waals surface area contributed by atoms with Crippen molar-refractivity contribution >= 4 is 9.84 Å². The molecule has 1 aliphatic rings. The molecule has 1 N–H and O–H groups in total. The van der Waals surface area contributed by atoms with Crippen LogP contribution in [-0.2, 0) is 16.4 Å². The Morgan fingerprint density at radius 1 is 1.25 bits per heavy atom. The highest BCUT2D eigenvalue weighted by molar-refractivity contribution is 7.90. The first-order chi connectivity index (χ1) is 9.26. The standard InChI is InChI=1S/C16H25NO2S/c1-16(2)10-4-5-14(11-16)17-12-13-6-8-15(9-7-13)20(3,18)19/h6-9,14,17H,4-5,10-12H2,1-3H3. The lowest BCUT2D eigenvalue weighted by Gasteiger charge is -2.35. The van der Waals surface area contributed by atoms with Crippen molar-refractivity contribution in [3.63, 3.8) is 0 Å². The Bertz CT molecular complexity index is 546. The van der Waals surface area contributed by atoms with Gasteiger partial charge in [0.05, 0.1) is 4.90 Å². The van der Waals surface area contributed by atoms with Crippen molar-refractivity contribution in [1.82, 2.24) is 5.32 Å². The van der Waals surface area contributed by atoms with Crippen LogP contribution >= 0.6 is 0 Å². The zero-order valence-electron chi connectivity index (χ0n) is 12.6. The smallest absolute Gasteiger partial charge is 0.175 e. The fourth-order valence-corrected chi connectivity index (χ4v) is 3.62. The van der Waals surface area contributed by atoms with Gasteiger partial charge >= 0.3 is 0 Å². The molecule has 0 amide bonds. The van der Waals surface area contributed by atoms with E-state index in [2.05, 4.69) is 19.2 Å². The lowest BCUT2D eigenvalue weighted by Crippen LogP contribution is -2.36. The minimum absolute atomic E-state index is 0.389. The molecule has 0 spiro atoms. The zero-order valence-corrected chi connectivity index (χ0v) is 13.5. The second-order valence-electron chi connectivity index (χ2n) is 6.75. The second kappa shape index (κ2) is 5.86. The number of benzene rings is 1. The summed E-state index contributed by atoms with van der Waals surface area (Å²) in [5, 5.41) is 3.60. The molecule has 0 aliphatic heterocycles. The second-order valence-corrected chi connectivity index (χ2v) is 8.77. The van der Waals surface area contributed by atoms with E-state index in [1.807, 2.05) is 12.1 Å². The summed E-state index contributed by atoms with van der Waals surface area (Å²) in [7, 11) is -3.09. The van der Waals surface area contributed by atoms with Crippen molar-refractivity contribution in [2.75, 3.05) is 6.26 Å². The molecule has 1 unspecified atom stereocenters. The van der Waals surface area contributed by atoms with Gasteiger partial charge in [-0.15, -0.1) is 0 Å². The molecular weight excluding hydrogens is 270 g/mol. The molecule has 4 heteroatoms. The van der Waals surface area contributed by atoms with Crippen molar-refractivity contribution in [2.24, 2.45) is 5.41 Å². The fourth-order valence-electron chi connectivity index (χ4n) is 2.99. The summed E-state index contributed by atoms with van der Waals surface area (Å²) in [6, 6.07) is 7.76. The Morgan fingerprint density at radius 3 is 2.45 bits per heavy atom. The Balaban J connectivity index is 1.91.